The predicted octanol–water partition coefficient (Wildman–Crippen LogP) is 4.17. The molecule has 4 amide bonds. The highest BCUT2D eigenvalue weighted by atomic mass is 16.5. The van der Waals surface area contributed by atoms with Gasteiger partial charge in [-0.3, -0.25) is 9.59 Å². The number of carbonyl (C=O) groups is 4. The molecule has 0 aromatic carbocycles. The fourth-order valence-electron chi connectivity index (χ4n) is 3.35. The third-order valence-electron chi connectivity index (χ3n) is 5.47. The Morgan fingerprint density at radius 1 is 0.472 bits per heavy atom. The molecule has 0 heterocycles. The Morgan fingerprint density at radius 3 is 1.19 bits per heavy atom. The van der Waals surface area contributed by atoms with Gasteiger partial charge in [0.1, 0.15) is 13.2 Å². The van der Waals surface area contributed by atoms with Crippen molar-refractivity contribution in [2.75, 3.05) is 39.4 Å². The van der Waals surface area contributed by atoms with E-state index in [1.807, 2.05) is 0 Å². The Morgan fingerprint density at radius 2 is 0.806 bits per heavy atom. The SMILES string of the molecule is CCCCCCCCNC(=O)NCCOC(=O)CCC(=O)OCCNC(=O)NCCCCCCCC. The van der Waals surface area contributed by atoms with Crippen molar-refractivity contribution in [3.05, 3.63) is 0 Å². The summed E-state index contributed by atoms with van der Waals surface area (Å²) >= 11 is 0. The second-order valence-corrected chi connectivity index (χ2v) is 8.84. The molecule has 0 saturated carbocycles. The number of hydrogen-bond donors (Lipinski definition) is 4. The van der Waals surface area contributed by atoms with Crippen molar-refractivity contribution < 1.29 is 28.7 Å². The third-order valence-corrected chi connectivity index (χ3v) is 5.47. The van der Waals surface area contributed by atoms with Crippen LogP contribution in [-0.4, -0.2) is 63.4 Å². The van der Waals surface area contributed by atoms with Crippen LogP contribution in [0.25, 0.3) is 0 Å². The number of ether oxygens (including phenoxy) is 2. The Kier molecular flexibility index (Phi) is 23.8. The molecule has 210 valence electrons. The summed E-state index contributed by atoms with van der Waals surface area (Å²) in [4.78, 5) is 46.7. The summed E-state index contributed by atoms with van der Waals surface area (Å²) in [6, 6.07) is -0.569. The van der Waals surface area contributed by atoms with E-state index in [-0.39, 0.29) is 51.2 Å². The van der Waals surface area contributed by atoms with Gasteiger partial charge >= 0.3 is 24.0 Å². The van der Waals surface area contributed by atoms with E-state index in [2.05, 4.69) is 35.1 Å². The molecule has 0 aliphatic heterocycles. The van der Waals surface area contributed by atoms with E-state index in [0.717, 1.165) is 25.7 Å². The van der Waals surface area contributed by atoms with Crippen LogP contribution in [0.15, 0.2) is 0 Å². The smallest absolute Gasteiger partial charge is 0.314 e. The molecule has 0 unspecified atom stereocenters. The highest BCUT2D eigenvalue weighted by molar-refractivity contribution is 5.78. The molecular weight excluding hydrogens is 464 g/mol. The summed E-state index contributed by atoms with van der Waals surface area (Å²) in [6.45, 7) is 6.08. The number of amides is 4. The summed E-state index contributed by atoms with van der Waals surface area (Å²) in [6.07, 6.45) is 13.7. The minimum atomic E-state index is -0.534. The van der Waals surface area contributed by atoms with E-state index in [9.17, 15) is 19.2 Å². The van der Waals surface area contributed by atoms with Crippen LogP contribution in [0.5, 0.6) is 0 Å². The molecular formula is C26H50N4O6. The molecule has 0 aliphatic rings. The topological polar surface area (TPSA) is 135 Å². The van der Waals surface area contributed by atoms with Crippen molar-refractivity contribution in [1.29, 1.82) is 0 Å². The minimum Gasteiger partial charge on any atom is -0.464 e. The van der Waals surface area contributed by atoms with Gasteiger partial charge in [0, 0.05) is 13.1 Å². The molecule has 0 aromatic rings. The van der Waals surface area contributed by atoms with Crippen LogP contribution < -0.4 is 21.3 Å². The Balaban J connectivity index is 3.52. The van der Waals surface area contributed by atoms with Crippen LogP contribution in [0.4, 0.5) is 9.59 Å². The molecule has 36 heavy (non-hydrogen) atoms. The zero-order valence-electron chi connectivity index (χ0n) is 22.6. The van der Waals surface area contributed by atoms with E-state index >= 15 is 0 Å². The van der Waals surface area contributed by atoms with Crippen molar-refractivity contribution in [2.45, 2.75) is 104 Å². The molecule has 4 N–H and O–H groups in total. The summed E-state index contributed by atoms with van der Waals surface area (Å²) in [5.74, 6) is -1.07. The first-order chi connectivity index (χ1) is 17.5. The van der Waals surface area contributed by atoms with Crippen LogP contribution in [-0.2, 0) is 19.1 Å². The number of carbonyl (C=O) groups excluding carboxylic acids is 4. The predicted molar refractivity (Wildman–Crippen MR) is 141 cm³/mol. The van der Waals surface area contributed by atoms with Crippen molar-refractivity contribution in [1.82, 2.24) is 21.3 Å². The van der Waals surface area contributed by atoms with Crippen LogP contribution >= 0.6 is 0 Å². The minimum absolute atomic E-state index is 0.0378. The number of hydrogen-bond acceptors (Lipinski definition) is 6. The fourth-order valence-corrected chi connectivity index (χ4v) is 3.35. The van der Waals surface area contributed by atoms with Crippen LogP contribution in [0.3, 0.4) is 0 Å². The highest BCUT2D eigenvalue weighted by Gasteiger charge is 2.10. The first kappa shape index (κ1) is 33.5. The standard InChI is InChI=1S/C26H50N4O6/c1-3-5-7-9-11-13-17-27-25(33)29-19-21-35-23(31)15-16-24(32)36-22-20-30-26(34)28-18-14-12-10-8-6-4-2/h3-22H2,1-2H3,(H2,27,29,33)(H2,28,30,34). The summed E-state index contributed by atoms with van der Waals surface area (Å²) in [5, 5.41) is 10.8. The van der Waals surface area contributed by atoms with Crippen LogP contribution in [0.2, 0.25) is 0 Å². The lowest BCUT2D eigenvalue weighted by atomic mass is 10.1. The zero-order valence-corrected chi connectivity index (χ0v) is 22.6. The number of nitrogens with one attached hydrogen (secondary N) is 4. The Labute approximate surface area is 217 Å². The average Bonchev–Trinajstić information content (AvgIpc) is 2.86. The van der Waals surface area contributed by atoms with Gasteiger partial charge in [-0.05, 0) is 12.8 Å². The van der Waals surface area contributed by atoms with Gasteiger partial charge in [0.25, 0.3) is 0 Å². The summed E-state index contributed by atoms with van der Waals surface area (Å²) < 4.78 is 10.0. The van der Waals surface area contributed by atoms with E-state index in [4.69, 9.17) is 9.47 Å². The van der Waals surface area contributed by atoms with Gasteiger partial charge in [-0.15, -0.1) is 0 Å². The van der Waals surface area contributed by atoms with Gasteiger partial charge in [-0.25, -0.2) is 9.59 Å². The molecule has 0 bridgehead atoms. The van der Waals surface area contributed by atoms with E-state index in [1.54, 1.807) is 0 Å². The molecule has 0 fully saturated rings. The van der Waals surface area contributed by atoms with E-state index in [1.165, 1.54) is 51.4 Å². The van der Waals surface area contributed by atoms with Crippen molar-refractivity contribution in [3.63, 3.8) is 0 Å². The lowest BCUT2D eigenvalue weighted by molar-refractivity contribution is -0.150. The Bertz CT molecular complexity index is 539. The van der Waals surface area contributed by atoms with E-state index < -0.39 is 11.9 Å². The molecule has 0 saturated heterocycles. The Hall–Kier alpha value is -2.52. The molecule has 10 nitrogen and oxygen atoms in total. The van der Waals surface area contributed by atoms with Crippen LogP contribution in [0, 0.1) is 0 Å². The first-order valence-corrected chi connectivity index (χ1v) is 13.8. The number of unbranched alkanes of at least 4 members (excludes halogenated alkanes) is 10. The van der Waals surface area contributed by atoms with Gasteiger partial charge in [0.15, 0.2) is 0 Å². The second-order valence-electron chi connectivity index (χ2n) is 8.84. The maximum atomic E-state index is 11.7. The molecule has 0 radical (unpaired) electrons. The van der Waals surface area contributed by atoms with Crippen molar-refractivity contribution >= 4 is 24.0 Å². The lowest BCUT2D eigenvalue weighted by Gasteiger charge is -2.09. The third kappa shape index (κ3) is 24.6. The maximum absolute atomic E-state index is 11.7. The summed E-state index contributed by atoms with van der Waals surface area (Å²) in [7, 11) is 0. The van der Waals surface area contributed by atoms with Gasteiger partial charge in [-0.2, -0.15) is 0 Å². The number of esters is 2. The highest BCUT2D eigenvalue weighted by Crippen LogP contribution is 2.04. The second kappa shape index (κ2) is 25.6. The van der Waals surface area contributed by atoms with Crippen LogP contribution in [0.1, 0.15) is 104 Å². The number of rotatable bonds is 23. The quantitative estimate of drug-likeness (QED) is 0.119. The monoisotopic (exact) mass is 514 g/mol. The summed E-state index contributed by atoms with van der Waals surface area (Å²) in [5.41, 5.74) is 0. The number of urea groups is 2. The average molecular weight is 515 g/mol. The molecule has 0 rings (SSSR count). The largest absolute Gasteiger partial charge is 0.464 e. The van der Waals surface area contributed by atoms with Gasteiger partial charge in [-0.1, -0.05) is 78.1 Å². The van der Waals surface area contributed by atoms with Crippen molar-refractivity contribution in [2.24, 2.45) is 0 Å². The molecule has 0 spiro atoms. The lowest BCUT2D eigenvalue weighted by Crippen LogP contribution is -2.38. The first-order valence-electron chi connectivity index (χ1n) is 13.8. The van der Waals surface area contributed by atoms with Gasteiger partial charge in [0.05, 0.1) is 25.9 Å². The molecule has 10 heteroatoms. The molecule has 0 aromatic heterocycles. The molecule has 0 aliphatic carbocycles. The molecule has 0 atom stereocenters. The fraction of sp³-hybridized carbons (Fsp3) is 0.846. The maximum Gasteiger partial charge on any atom is 0.314 e. The van der Waals surface area contributed by atoms with Gasteiger partial charge < -0.3 is 30.7 Å². The normalized spacial score (nSPS) is 10.4. The van der Waals surface area contributed by atoms with Crippen molar-refractivity contribution in [3.8, 4) is 0 Å². The van der Waals surface area contributed by atoms with Gasteiger partial charge in [0.2, 0.25) is 0 Å². The zero-order chi connectivity index (χ0) is 26.7. The van der Waals surface area contributed by atoms with E-state index in [0.29, 0.717) is 13.1 Å².